The molecule has 1 aromatic carbocycles. The molecule has 0 unspecified atom stereocenters. The van der Waals surface area contributed by atoms with Crippen molar-refractivity contribution in [2.75, 3.05) is 5.32 Å². The van der Waals surface area contributed by atoms with Gasteiger partial charge in [-0.05, 0) is 38.5 Å². The van der Waals surface area contributed by atoms with Crippen LogP contribution in [-0.2, 0) is 6.54 Å². The molecule has 0 spiro atoms. The minimum atomic E-state index is -0.265. The maximum absolute atomic E-state index is 13.6. The molecular weight excluding hydrogens is 217 g/mol. The van der Waals surface area contributed by atoms with Gasteiger partial charge in [0.25, 0.3) is 0 Å². The molecule has 4 heteroatoms. The highest BCUT2D eigenvalue weighted by molar-refractivity contribution is 5.56. The number of rotatable bonds is 3. The van der Waals surface area contributed by atoms with Crippen LogP contribution in [0.2, 0.25) is 0 Å². The summed E-state index contributed by atoms with van der Waals surface area (Å²) >= 11 is 0. The van der Waals surface area contributed by atoms with Crippen molar-refractivity contribution in [2.45, 2.75) is 27.3 Å². The lowest BCUT2D eigenvalue weighted by molar-refractivity contribution is 0.630. The van der Waals surface area contributed by atoms with Gasteiger partial charge in [0, 0.05) is 12.7 Å². The fraction of sp³-hybridized carbons (Fsp3) is 0.308. The van der Waals surface area contributed by atoms with E-state index in [1.165, 1.54) is 6.07 Å². The lowest BCUT2D eigenvalue weighted by Crippen LogP contribution is -2.02. The van der Waals surface area contributed by atoms with Crippen LogP contribution in [0.25, 0.3) is 0 Å². The fourth-order valence-electron chi connectivity index (χ4n) is 1.74. The highest BCUT2D eigenvalue weighted by Crippen LogP contribution is 2.20. The summed E-state index contributed by atoms with van der Waals surface area (Å²) in [6.07, 6.45) is 1.94. The molecule has 0 fully saturated rings. The zero-order valence-electron chi connectivity index (χ0n) is 10.3. The van der Waals surface area contributed by atoms with Crippen LogP contribution in [0.15, 0.2) is 24.4 Å². The molecule has 0 aliphatic heterocycles. The lowest BCUT2D eigenvalue weighted by atomic mass is 10.2. The van der Waals surface area contributed by atoms with Gasteiger partial charge in [0.2, 0.25) is 5.95 Å². The van der Waals surface area contributed by atoms with Crippen molar-refractivity contribution in [3.8, 4) is 0 Å². The Kier molecular flexibility index (Phi) is 3.13. The molecule has 0 radical (unpaired) electrons. The van der Waals surface area contributed by atoms with Crippen molar-refractivity contribution in [1.82, 2.24) is 9.55 Å². The monoisotopic (exact) mass is 233 g/mol. The quantitative estimate of drug-likeness (QED) is 0.880. The van der Waals surface area contributed by atoms with Gasteiger partial charge < -0.3 is 9.88 Å². The van der Waals surface area contributed by atoms with Gasteiger partial charge in [-0.2, -0.15) is 0 Å². The lowest BCUT2D eigenvalue weighted by Gasteiger charge is -2.09. The molecule has 2 rings (SSSR count). The van der Waals surface area contributed by atoms with Crippen molar-refractivity contribution >= 4 is 11.6 Å². The number of benzene rings is 1. The average molecular weight is 233 g/mol. The maximum atomic E-state index is 13.6. The Bertz CT molecular complexity index is 531. The number of imidazole rings is 1. The molecule has 0 bridgehead atoms. The van der Waals surface area contributed by atoms with Gasteiger partial charge in [0.15, 0.2) is 0 Å². The van der Waals surface area contributed by atoms with E-state index in [1.54, 1.807) is 12.1 Å². The maximum Gasteiger partial charge on any atom is 0.207 e. The summed E-state index contributed by atoms with van der Waals surface area (Å²) in [6, 6.07) is 4.99. The Labute approximate surface area is 100 Å². The molecule has 0 aliphatic rings. The molecule has 3 nitrogen and oxygen atoms in total. The average Bonchev–Trinajstić information content (AvgIpc) is 2.64. The third-order valence-electron chi connectivity index (χ3n) is 2.61. The van der Waals surface area contributed by atoms with Crippen LogP contribution < -0.4 is 5.32 Å². The molecule has 0 atom stereocenters. The number of anilines is 2. The van der Waals surface area contributed by atoms with E-state index in [0.29, 0.717) is 11.6 Å². The first-order valence-electron chi connectivity index (χ1n) is 5.67. The summed E-state index contributed by atoms with van der Waals surface area (Å²) in [7, 11) is 0. The molecule has 90 valence electrons. The Morgan fingerprint density at radius 1 is 1.35 bits per heavy atom. The van der Waals surface area contributed by atoms with Gasteiger partial charge in [-0.15, -0.1) is 0 Å². The Hall–Kier alpha value is -1.84. The Morgan fingerprint density at radius 2 is 2.12 bits per heavy atom. The molecule has 2 aromatic rings. The SMILES string of the molecule is CCn1cc(C)nc1Nc1cc(C)ccc1F. The third-order valence-corrected chi connectivity index (χ3v) is 2.61. The molecule has 1 aromatic heterocycles. The minimum absolute atomic E-state index is 0.265. The normalized spacial score (nSPS) is 10.6. The summed E-state index contributed by atoms with van der Waals surface area (Å²) in [6.45, 7) is 6.68. The molecule has 1 heterocycles. The minimum Gasteiger partial charge on any atom is -0.323 e. The van der Waals surface area contributed by atoms with Crippen LogP contribution in [0.5, 0.6) is 0 Å². The Morgan fingerprint density at radius 3 is 2.82 bits per heavy atom. The van der Waals surface area contributed by atoms with Gasteiger partial charge in [0.05, 0.1) is 11.4 Å². The number of aromatic nitrogens is 2. The molecule has 1 N–H and O–H groups in total. The van der Waals surface area contributed by atoms with E-state index in [-0.39, 0.29) is 5.82 Å². The predicted molar refractivity (Wildman–Crippen MR) is 67.1 cm³/mol. The molecular formula is C13H16FN3. The highest BCUT2D eigenvalue weighted by atomic mass is 19.1. The summed E-state index contributed by atoms with van der Waals surface area (Å²) in [5.41, 5.74) is 2.40. The van der Waals surface area contributed by atoms with E-state index in [1.807, 2.05) is 31.5 Å². The van der Waals surface area contributed by atoms with E-state index in [0.717, 1.165) is 17.8 Å². The number of nitrogens with one attached hydrogen (secondary N) is 1. The van der Waals surface area contributed by atoms with Gasteiger partial charge in [0.1, 0.15) is 5.82 Å². The summed E-state index contributed by atoms with van der Waals surface area (Å²) < 4.78 is 15.6. The number of halogens is 1. The zero-order chi connectivity index (χ0) is 12.4. The predicted octanol–water partition coefficient (Wildman–Crippen LogP) is 3.40. The first-order valence-corrected chi connectivity index (χ1v) is 5.67. The van der Waals surface area contributed by atoms with Gasteiger partial charge in [-0.25, -0.2) is 9.37 Å². The van der Waals surface area contributed by atoms with Gasteiger partial charge >= 0.3 is 0 Å². The molecule has 0 amide bonds. The largest absolute Gasteiger partial charge is 0.323 e. The van der Waals surface area contributed by atoms with E-state index in [9.17, 15) is 4.39 Å². The first kappa shape index (κ1) is 11.6. The zero-order valence-corrected chi connectivity index (χ0v) is 10.3. The van der Waals surface area contributed by atoms with Crippen LogP contribution in [0.1, 0.15) is 18.2 Å². The topological polar surface area (TPSA) is 29.9 Å². The van der Waals surface area contributed by atoms with Crippen LogP contribution >= 0.6 is 0 Å². The summed E-state index contributed by atoms with van der Waals surface area (Å²) in [4.78, 5) is 4.33. The third kappa shape index (κ3) is 2.46. The molecule has 0 aliphatic carbocycles. The van der Waals surface area contributed by atoms with Crippen molar-refractivity contribution in [3.63, 3.8) is 0 Å². The van der Waals surface area contributed by atoms with Crippen molar-refractivity contribution in [3.05, 3.63) is 41.5 Å². The molecule has 17 heavy (non-hydrogen) atoms. The van der Waals surface area contributed by atoms with Crippen LogP contribution in [0.4, 0.5) is 16.0 Å². The first-order chi connectivity index (χ1) is 8.10. The molecule has 0 saturated heterocycles. The van der Waals surface area contributed by atoms with Crippen molar-refractivity contribution in [2.24, 2.45) is 0 Å². The summed E-state index contributed by atoms with van der Waals surface area (Å²) in [5.74, 6) is 0.411. The van der Waals surface area contributed by atoms with E-state index >= 15 is 0 Å². The standard InChI is InChI=1S/C13H16FN3/c1-4-17-8-10(3)15-13(17)16-12-7-9(2)5-6-11(12)14/h5-8H,4H2,1-3H3,(H,15,16). The fourth-order valence-corrected chi connectivity index (χ4v) is 1.74. The van der Waals surface area contributed by atoms with E-state index in [4.69, 9.17) is 0 Å². The van der Waals surface area contributed by atoms with E-state index < -0.39 is 0 Å². The van der Waals surface area contributed by atoms with Crippen LogP contribution in [0.3, 0.4) is 0 Å². The second kappa shape index (κ2) is 4.57. The van der Waals surface area contributed by atoms with Crippen LogP contribution in [-0.4, -0.2) is 9.55 Å². The van der Waals surface area contributed by atoms with E-state index in [2.05, 4.69) is 10.3 Å². The number of aryl methyl sites for hydroxylation is 3. The number of nitrogens with zero attached hydrogens (tertiary/aromatic N) is 2. The summed E-state index contributed by atoms with van der Waals surface area (Å²) in [5, 5.41) is 3.03. The number of hydrogen-bond acceptors (Lipinski definition) is 2. The van der Waals surface area contributed by atoms with Crippen molar-refractivity contribution in [1.29, 1.82) is 0 Å². The second-order valence-electron chi connectivity index (χ2n) is 4.10. The Balaban J connectivity index is 2.33. The van der Waals surface area contributed by atoms with Gasteiger partial charge in [-0.3, -0.25) is 0 Å². The van der Waals surface area contributed by atoms with Crippen molar-refractivity contribution < 1.29 is 4.39 Å². The smallest absolute Gasteiger partial charge is 0.207 e. The molecule has 0 saturated carbocycles. The van der Waals surface area contributed by atoms with Crippen LogP contribution in [0, 0.1) is 19.7 Å². The highest BCUT2D eigenvalue weighted by Gasteiger charge is 2.07. The number of hydrogen-bond donors (Lipinski definition) is 1. The van der Waals surface area contributed by atoms with Gasteiger partial charge in [-0.1, -0.05) is 6.07 Å². The second-order valence-corrected chi connectivity index (χ2v) is 4.10.